The molecule has 0 unspecified atom stereocenters. The van der Waals surface area contributed by atoms with E-state index in [0.29, 0.717) is 23.7 Å². The lowest BCUT2D eigenvalue weighted by molar-refractivity contribution is 0.0867. The average Bonchev–Trinajstić information content (AvgIpc) is 2.95. The molecule has 3 rings (SSSR count). The third kappa shape index (κ3) is 1.89. The molecule has 2 N–H and O–H groups in total. The molecule has 5 heteroatoms. The van der Waals surface area contributed by atoms with Gasteiger partial charge in [0.05, 0.1) is 18.4 Å². The Morgan fingerprint density at radius 2 is 2.16 bits per heavy atom. The molecule has 0 saturated carbocycles. The van der Waals surface area contributed by atoms with E-state index in [9.17, 15) is 4.79 Å². The van der Waals surface area contributed by atoms with Gasteiger partial charge >= 0.3 is 0 Å². The van der Waals surface area contributed by atoms with E-state index in [0.717, 1.165) is 11.1 Å². The number of amidine groups is 1. The van der Waals surface area contributed by atoms with Gasteiger partial charge in [0, 0.05) is 5.56 Å². The first-order valence-corrected chi connectivity index (χ1v) is 5.96. The van der Waals surface area contributed by atoms with Gasteiger partial charge in [-0.2, -0.15) is 0 Å². The van der Waals surface area contributed by atoms with Crippen LogP contribution >= 0.6 is 0 Å². The summed E-state index contributed by atoms with van der Waals surface area (Å²) in [5, 5.41) is 9.59. The van der Waals surface area contributed by atoms with Crippen LogP contribution in [-0.2, 0) is 6.54 Å². The van der Waals surface area contributed by atoms with Crippen molar-refractivity contribution in [3.8, 4) is 0 Å². The normalized spacial score (nSPS) is 13.5. The van der Waals surface area contributed by atoms with Gasteiger partial charge in [-0.25, -0.2) is 0 Å². The van der Waals surface area contributed by atoms with Crippen LogP contribution in [-0.4, -0.2) is 16.8 Å². The number of carbonyl (C=O) groups is 1. The van der Waals surface area contributed by atoms with Crippen LogP contribution in [0.25, 0.3) is 0 Å². The Labute approximate surface area is 110 Å². The smallest absolute Gasteiger partial charge is 0.273 e. The summed E-state index contributed by atoms with van der Waals surface area (Å²) >= 11 is 0. The van der Waals surface area contributed by atoms with E-state index in [1.807, 2.05) is 24.3 Å². The lowest BCUT2D eigenvalue weighted by atomic mass is 10.1. The fourth-order valence-electron chi connectivity index (χ4n) is 2.18. The van der Waals surface area contributed by atoms with Gasteiger partial charge in [-0.15, -0.1) is 0 Å². The van der Waals surface area contributed by atoms with Crippen LogP contribution in [0.2, 0.25) is 0 Å². The predicted octanol–water partition coefficient (Wildman–Crippen LogP) is 2.07. The van der Waals surface area contributed by atoms with E-state index < -0.39 is 0 Å². The molecule has 1 aliphatic rings. The van der Waals surface area contributed by atoms with Crippen LogP contribution < -0.4 is 5.43 Å². The number of fused-ring (bicyclic) bond motifs is 1. The Hall–Kier alpha value is -2.56. The van der Waals surface area contributed by atoms with Gasteiger partial charge in [0.2, 0.25) is 0 Å². The number of aryl methyl sites for hydroxylation is 1. The standard InChI is InChI=1S/C14H13N3O2/c1-9-11(6-7-19-9)14(18)16-17-8-10-4-2-3-5-12(10)13(17)15/h2-7,15H,8H2,1H3,(H,16,18). The van der Waals surface area contributed by atoms with Crippen LogP contribution in [0, 0.1) is 12.3 Å². The van der Waals surface area contributed by atoms with Gasteiger partial charge in [0.1, 0.15) is 11.6 Å². The zero-order chi connectivity index (χ0) is 13.4. The molecule has 0 fully saturated rings. The lowest BCUT2D eigenvalue weighted by Gasteiger charge is -2.18. The summed E-state index contributed by atoms with van der Waals surface area (Å²) in [7, 11) is 0. The average molecular weight is 255 g/mol. The molecule has 1 aromatic heterocycles. The summed E-state index contributed by atoms with van der Waals surface area (Å²) in [5.41, 5.74) is 5.11. The molecule has 2 aromatic rings. The second-order valence-electron chi connectivity index (χ2n) is 4.42. The molecule has 0 aliphatic carbocycles. The van der Waals surface area contributed by atoms with Gasteiger partial charge in [0.15, 0.2) is 0 Å². The van der Waals surface area contributed by atoms with Crippen molar-refractivity contribution in [1.82, 2.24) is 10.4 Å². The van der Waals surface area contributed by atoms with Crippen molar-refractivity contribution < 1.29 is 9.21 Å². The Morgan fingerprint density at radius 1 is 1.37 bits per heavy atom. The molecular weight excluding hydrogens is 242 g/mol. The van der Waals surface area contributed by atoms with Crippen molar-refractivity contribution in [3.63, 3.8) is 0 Å². The molecule has 96 valence electrons. The minimum atomic E-state index is -0.260. The molecule has 1 amide bonds. The van der Waals surface area contributed by atoms with Crippen LogP contribution in [0.1, 0.15) is 27.2 Å². The number of benzene rings is 1. The van der Waals surface area contributed by atoms with Gasteiger partial charge in [-0.1, -0.05) is 24.3 Å². The van der Waals surface area contributed by atoms with E-state index in [1.54, 1.807) is 18.0 Å². The molecule has 2 heterocycles. The molecule has 0 atom stereocenters. The Bertz CT molecular complexity index is 660. The molecular formula is C14H13N3O2. The topological polar surface area (TPSA) is 69.3 Å². The summed E-state index contributed by atoms with van der Waals surface area (Å²) in [6, 6.07) is 9.28. The second kappa shape index (κ2) is 4.28. The van der Waals surface area contributed by atoms with Crippen molar-refractivity contribution in [2.24, 2.45) is 0 Å². The lowest BCUT2D eigenvalue weighted by Crippen LogP contribution is -2.42. The second-order valence-corrected chi connectivity index (χ2v) is 4.42. The minimum absolute atomic E-state index is 0.260. The molecule has 1 aromatic carbocycles. The molecule has 5 nitrogen and oxygen atoms in total. The number of amides is 1. The predicted molar refractivity (Wildman–Crippen MR) is 69.7 cm³/mol. The van der Waals surface area contributed by atoms with Gasteiger partial charge in [-0.05, 0) is 18.6 Å². The largest absolute Gasteiger partial charge is 0.469 e. The number of carbonyl (C=O) groups excluding carboxylic acids is 1. The fraction of sp³-hybridized carbons (Fsp3) is 0.143. The van der Waals surface area contributed by atoms with Crippen molar-refractivity contribution in [3.05, 3.63) is 59.0 Å². The van der Waals surface area contributed by atoms with Crippen molar-refractivity contribution in [1.29, 1.82) is 5.41 Å². The van der Waals surface area contributed by atoms with Crippen LogP contribution in [0.3, 0.4) is 0 Å². The van der Waals surface area contributed by atoms with Gasteiger partial charge < -0.3 is 4.42 Å². The highest BCUT2D eigenvalue weighted by Crippen LogP contribution is 2.21. The molecule has 0 radical (unpaired) electrons. The first kappa shape index (κ1) is 11.5. The van der Waals surface area contributed by atoms with Crippen molar-refractivity contribution in [2.75, 3.05) is 0 Å². The van der Waals surface area contributed by atoms with E-state index in [-0.39, 0.29) is 5.91 Å². The van der Waals surface area contributed by atoms with E-state index in [4.69, 9.17) is 9.83 Å². The maximum atomic E-state index is 12.1. The summed E-state index contributed by atoms with van der Waals surface area (Å²) in [4.78, 5) is 12.1. The quantitative estimate of drug-likeness (QED) is 0.863. The molecule has 0 saturated heterocycles. The van der Waals surface area contributed by atoms with Crippen molar-refractivity contribution in [2.45, 2.75) is 13.5 Å². The molecule has 0 bridgehead atoms. The monoisotopic (exact) mass is 255 g/mol. The molecule has 19 heavy (non-hydrogen) atoms. The number of nitrogens with zero attached hydrogens (tertiary/aromatic N) is 1. The highest BCUT2D eigenvalue weighted by Gasteiger charge is 2.25. The number of rotatable bonds is 2. The van der Waals surface area contributed by atoms with Gasteiger partial charge in [0.25, 0.3) is 5.91 Å². The number of nitrogens with one attached hydrogen (secondary N) is 2. The van der Waals surface area contributed by atoms with Crippen LogP contribution in [0.5, 0.6) is 0 Å². The van der Waals surface area contributed by atoms with Crippen molar-refractivity contribution >= 4 is 11.7 Å². The van der Waals surface area contributed by atoms with E-state index in [1.165, 1.54) is 6.26 Å². The maximum Gasteiger partial charge on any atom is 0.273 e. The first-order chi connectivity index (χ1) is 9.16. The number of hydrogen-bond donors (Lipinski definition) is 2. The summed E-state index contributed by atoms with van der Waals surface area (Å²) in [6.45, 7) is 2.25. The number of furan rings is 1. The Kier molecular flexibility index (Phi) is 2.59. The van der Waals surface area contributed by atoms with Crippen LogP contribution in [0.4, 0.5) is 0 Å². The number of hydrogen-bond acceptors (Lipinski definition) is 3. The SMILES string of the molecule is Cc1occc1C(=O)NN1Cc2ccccc2C1=N. The third-order valence-electron chi connectivity index (χ3n) is 3.21. The fourth-order valence-corrected chi connectivity index (χ4v) is 2.18. The Morgan fingerprint density at radius 3 is 2.84 bits per heavy atom. The summed E-state index contributed by atoms with van der Waals surface area (Å²) in [5.74, 6) is 0.620. The maximum absolute atomic E-state index is 12.1. The zero-order valence-electron chi connectivity index (χ0n) is 10.4. The highest BCUT2D eigenvalue weighted by molar-refractivity contribution is 6.03. The Balaban J connectivity index is 1.79. The van der Waals surface area contributed by atoms with Gasteiger partial charge in [-0.3, -0.25) is 20.6 Å². The highest BCUT2D eigenvalue weighted by atomic mass is 16.3. The third-order valence-corrected chi connectivity index (χ3v) is 3.21. The summed E-state index contributed by atoms with van der Waals surface area (Å²) in [6.07, 6.45) is 1.48. The summed E-state index contributed by atoms with van der Waals surface area (Å²) < 4.78 is 5.11. The first-order valence-electron chi connectivity index (χ1n) is 5.96. The number of hydrazine groups is 1. The van der Waals surface area contributed by atoms with E-state index >= 15 is 0 Å². The molecule has 1 aliphatic heterocycles. The van der Waals surface area contributed by atoms with Crippen LogP contribution in [0.15, 0.2) is 41.0 Å². The van der Waals surface area contributed by atoms with E-state index in [2.05, 4.69) is 5.43 Å². The molecule has 0 spiro atoms. The zero-order valence-corrected chi connectivity index (χ0v) is 10.4. The minimum Gasteiger partial charge on any atom is -0.469 e.